The minimum absolute atomic E-state index is 0.153. The lowest BCUT2D eigenvalue weighted by molar-refractivity contribution is -0.142. The van der Waals surface area contributed by atoms with Gasteiger partial charge < -0.3 is 10.1 Å². The zero-order chi connectivity index (χ0) is 9.40. The SMILES string of the molecule is CCCCOC(=O)CC(=N)CC. The Morgan fingerprint density at radius 3 is 2.58 bits per heavy atom. The summed E-state index contributed by atoms with van der Waals surface area (Å²) in [5.41, 5.74) is 0.441. The minimum Gasteiger partial charge on any atom is -0.465 e. The van der Waals surface area contributed by atoms with Crippen LogP contribution in [0.5, 0.6) is 0 Å². The summed E-state index contributed by atoms with van der Waals surface area (Å²) in [6, 6.07) is 0. The van der Waals surface area contributed by atoms with Gasteiger partial charge in [-0.2, -0.15) is 0 Å². The molecular weight excluding hydrogens is 154 g/mol. The number of hydrogen-bond acceptors (Lipinski definition) is 3. The first-order chi connectivity index (χ1) is 5.70. The molecule has 3 nitrogen and oxygen atoms in total. The number of rotatable bonds is 6. The maximum atomic E-state index is 10.9. The van der Waals surface area contributed by atoms with E-state index >= 15 is 0 Å². The molecule has 12 heavy (non-hydrogen) atoms. The standard InChI is InChI=1S/C9H17NO2/c1-3-5-6-12-9(11)7-8(10)4-2/h10H,3-7H2,1-2H3. The van der Waals surface area contributed by atoms with E-state index in [1.165, 1.54) is 0 Å². The molecule has 0 aliphatic carbocycles. The third-order valence-electron chi connectivity index (χ3n) is 1.55. The number of carbonyl (C=O) groups is 1. The van der Waals surface area contributed by atoms with Crippen molar-refractivity contribution in [3.63, 3.8) is 0 Å². The molecule has 0 radical (unpaired) electrons. The van der Waals surface area contributed by atoms with Crippen LogP contribution in [0.4, 0.5) is 0 Å². The number of hydrogen-bond donors (Lipinski definition) is 1. The van der Waals surface area contributed by atoms with E-state index < -0.39 is 0 Å². The predicted octanol–water partition coefficient (Wildman–Crippen LogP) is 2.15. The second kappa shape index (κ2) is 6.83. The quantitative estimate of drug-likeness (QED) is 0.378. The summed E-state index contributed by atoms with van der Waals surface area (Å²) < 4.78 is 4.88. The first kappa shape index (κ1) is 11.1. The van der Waals surface area contributed by atoms with Crippen molar-refractivity contribution < 1.29 is 9.53 Å². The maximum absolute atomic E-state index is 10.9. The Morgan fingerprint density at radius 2 is 2.08 bits per heavy atom. The summed E-state index contributed by atoms with van der Waals surface area (Å²) in [4.78, 5) is 10.9. The molecule has 0 heterocycles. The van der Waals surface area contributed by atoms with Crippen LogP contribution < -0.4 is 0 Å². The zero-order valence-corrected chi connectivity index (χ0v) is 7.85. The lowest BCUT2D eigenvalue weighted by Crippen LogP contribution is -2.10. The monoisotopic (exact) mass is 171 g/mol. The summed E-state index contributed by atoms with van der Waals surface area (Å²) in [6.07, 6.45) is 2.72. The van der Waals surface area contributed by atoms with Gasteiger partial charge in [-0.05, 0) is 12.8 Å². The molecule has 0 fully saturated rings. The van der Waals surface area contributed by atoms with Gasteiger partial charge in [0.05, 0.1) is 13.0 Å². The van der Waals surface area contributed by atoms with Crippen LogP contribution in [-0.4, -0.2) is 18.3 Å². The average Bonchev–Trinajstić information content (AvgIpc) is 2.05. The molecule has 0 aliphatic heterocycles. The first-order valence-electron chi connectivity index (χ1n) is 4.42. The van der Waals surface area contributed by atoms with Gasteiger partial charge in [0, 0.05) is 5.71 Å². The van der Waals surface area contributed by atoms with Crippen LogP contribution in [0.1, 0.15) is 39.5 Å². The highest BCUT2D eigenvalue weighted by Crippen LogP contribution is 1.95. The Bertz CT molecular complexity index is 155. The van der Waals surface area contributed by atoms with Gasteiger partial charge in [0.1, 0.15) is 0 Å². The molecule has 0 unspecified atom stereocenters. The number of carbonyl (C=O) groups excluding carboxylic acids is 1. The van der Waals surface area contributed by atoms with Crippen LogP contribution in [0.2, 0.25) is 0 Å². The van der Waals surface area contributed by atoms with Crippen LogP contribution in [0.3, 0.4) is 0 Å². The summed E-state index contributed by atoms with van der Waals surface area (Å²) >= 11 is 0. The Labute approximate surface area is 73.6 Å². The van der Waals surface area contributed by atoms with Crippen molar-refractivity contribution in [3.05, 3.63) is 0 Å². The van der Waals surface area contributed by atoms with Gasteiger partial charge in [-0.3, -0.25) is 4.79 Å². The van der Waals surface area contributed by atoms with Crippen LogP contribution >= 0.6 is 0 Å². The van der Waals surface area contributed by atoms with E-state index in [2.05, 4.69) is 0 Å². The summed E-state index contributed by atoms with van der Waals surface area (Å²) in [7, 11) is 0. The first-order valence-corrected chi connectivity index (χ1v) is 4.42. The summed E-state index contributed by atoms with van der Waals surface area (Å²) in [6.45, 7) is 4.40. The molecule has 0 atom stereocenters. The fourth-order valence-corrected chi connectivity index (χ4v) is 0.681. The molecule has 0 spiro atoms. The number of esters is 1. The average molecular weight is 171 g/mol. The van der Waals surface area contributed by atoms with Gasteiger partial charge in [0.15, 0.2) is 0 Å². The van der Waals surface area contributed by atoms with Crippen LogP contribution in [0, 0.1) is 5.41 Å². The molecule has 0 saturated heterocycles. The maximum Gasteiger partial charge on any atom is 0.311 e. The van der Waals surface area contributed by atoms with Gasteiger partial charge in [-0.25, -0.2) is 0 Å². The summed E-state index contributed by atoms with van der Waals surface area (Å²) in [5, 5.41) is 7.25. The fraction of sp³-hybridized carbons (Fsp3) is 0.778. The lowest BCUT2D eigenvalue weighted by Gasteiger charge is -2.02. The molecule has 0 aliphatic rings. The molecule has 70 valence electrons. The molecule has 1 N–H and O–H groups in total. The number of ether oxygens (including phenoxy) is 1. The van der Waals surface area contributed by atoms with E-state index in [-0.39, 0.29) is 12.4 Å². The highest BCUT2D eigenvalue weighted by Gasteiger charge is 2.04. The molecule has 3 heteroatoms. The highest BCUT2D eigenvalue weighted by molar-refractivity contribution is 5.96. The zero-order valence-electron chi connectivity index (χ0n) is 7.85. The number of nitrogens with one attached hydrogen (secondary N) is 1. The lowest BCUT2D eigenvalue weighted by atomic mass is 10.2. The van der Waals surface area contributed by atoms with E-state index in [4.69, 9.17) is 10.1 Å². The second-order valence-electron chi connectivity index (χ2n) is 2.71. The molecule has 0 saturated carbocycles. The van der Waals surface area contributed by atoms with Crippen LogP contribution in [-0.2, 0) is 9.53 Å². The van der Waals surface area contributed by atoms with Crippen molar-refractivity contribution >= 4 is 11.7 Å². The van der Waals surface area contributed by atoms with Crippen molar-refractivity contribution in [2.45, 2.75) is 39.5 Å². The van der Waals surface area contributed by atoms with Crippen LogP contribution in [0.25, 0.3) is 0 Å². The van der Waals surface area contributed by atoms with Crippen molar-refractivity contribution in [3.8, 4) is 0 Å². The van der Waals surface area contributed by atoms with Gasteiger partial charge in [0.2, 0.25) is 0 Å². The predicted molar refractivity (Wildman–Crippen MR) is 48.5 cm³/mol. The summed E-state index contributed by atoms with van der Waals surface area (Å²) in [5.74, 6) is -0.268. The third kappa shape index (κ3) is 5.89. The Hall–Kier alpha value is -0.860. The third-order valence-corrected chi connectivity index (χ3v) is 1.55. The smallest absolute Gasteiger partial charge is 0.311 e. The van der Waals surface area contributed by atoms with Crippen molar-refractivity contribution in [2.75, 3.05) is 6.61 Å². The van der Waals surface area contributed by atoms with Gasteiger partial charge in [0.25, 0.3) is 0 Å². The van der Waals surface area contributed by atoms with Crippen molar-refractivity contribution in [2.24, 2.45) is 0 Å². The molecule has 0 aromatic carbocycles. The fourth-order valence-electron chi connectivity index (χ4n) is 0.681. The normalized spacial score (nSPS) is 9.50. The molecule has 0 aromatic rings. The minimum atomic E-state index is -0.268. The van der Waals surface area contributed by atoms with Gasteiger partial charge in [-0.15, -0.1) is 0 Å². The van der Waals surface area contributed by atoms with E-state index in [1.54, 1.807) is 0 Å². The molecular formula is C9H17NO2. The molecule has 0 bridgehead atoms. The van der Waals surface area contributed by atoms with Crippen molar-refractivity contribution in [1.29, 1.82) is 5.41 Å². The Balaban J connectivity index is 3.40. The Kier molecular flexibility index (Phi) is 6.34. The largest absolute Gasteiger partial charge is 0.465 e. The van der Waals surface area contributed by atoms with E-state index in [0.29, 0.717) is 18.7 Å². The second-order valence-corrected chi connectivity index (χ2v) is 2.71. The Morgan fingerprint density at radius 1 is 1.42 bits per heavy atom. The van der Waals surface area contributed by atoms with Crippen molar-refractivity contribution in [1.82, 2.24) is 0 Å². The van der Waals surface area contributed by atoms with E-state index in [9.17, 15) is 4.79 Å². The highest BCUT2D eigenvalue weighted by atomic mass is 16.5. The van der Waals surface area contributed by atoms with E-state index in [1.807, 2.05) is 13.8 Å². The van der Waals surface area contributed by atoms with Gasteiger partial charge in [-0.1, -0.05) is 20.3 Å². The topological polar surface area (TPSA) is 50.2 Å². The van der Waals surface area contributed by atoms with Gasteiger partial charge >= 0.3 is 5.97 Å². The van der Waals surface area contributed by atoms with Crippen LogP contribution in [0.15, 0.2) is 0 Å². The number of unbranched alkanes of at least 4 members (excludes halogenated alkanes) is 1. The molecule has 0 aromatic heterocycles. The molecule has 0 rings (SSSR count). The van der Waals surface area contributed by atoms with E-state index in [0.717, 1.165) is 12.8 Å². The molecule has 0 amide bonds.